The molecule has 2 rings (SSSR count). The highest BCUT2D eigenvalue weighted by Crippen LogP contribution is 2.19. The first-order valence-corrected chi connectivity index (χ1v) is 5.06. The van der Waals surface area contributed by atoms with Gasteiger partial charge in [-0.25, -0.2) is 9.07 Å². The molecular weight excluding hydrogens is 231 g/mol. The number of nitrogens with two attached hydrogens (primary N) is 1. The molecule has 4 nitrogen and oxygen atoms in total. The molecule has 2 N–H and O–H groups in total. The summed E-state index contributed by atoms with van der Waals surface area (Å²) in [5, 5.41) is 7.61. The van der Waals surface area contributed by atoms with Gasteiger partial charge in [-0.15, -0.1) is 5.10 Å². The Bertz CT molecular complexity index is 524. The molecule has 0 aliphatic carbocycles. The van der Waals surface area contributed by atoms with E-state index >= 15 is 0 Å². The van der Waals surface area contributed by atoms with Crippen molar-refractivity contribution in [1.82, 2.24) is 15.0 Å². The van der Waals surface area contributed by atoms with Crippen molar-refractivity contribution in [2.24, 2.45) is 0 Å². The average Bonchev–Trinajstić information content (AvgIpc) is 2.57. The molecule has 0 atom stereocenters. The molecule has 0 aliphatic rings. The maximum atomic E-state index is 13.6. The van der Waals surface area contributed by atoms with E-state index in [1.807, 2.05) is 0 Å². The molecule has 0 amide bonds. The first kappa shape index (κ1) is 10.9. The number of rotatable bonds is 2. The molecule has 6 heteroatoms. The molecule has 1 aromatic heterocycles. The van der Waals surface area contributed by atoms with E-state index in [9.17, 15) is 4.39 Å². The Kier molecular flexibility index (Phi) is 2.78. The zero-order valence-corrected chi connectivity index (χ0v) is 9.37. The van der Waals surface area contributed by atoms with E-state index < -0.39 is 5.82 Å². The van der Waals surface area contributed by atoms with Crippen LogP contribution in [0.2, 0.25) is 5.02 Å². The monoisotopic (exact) mass is 240 g/mol. The Morgan fingerprint density at radius 2 is 2.25 bits per heavy atom. The molecular formula is C10H10ClFN4. The minimum absolute atomic E-state index is 0.100. The van der Waals surface area contributed by atoms with Gasteiger partial charge in [0.1, 0.15) is 5.82 Å². The zero-order valence-electron chi connectivity index (χ0n) is 8.61. The predicted molar refractivity (Wildman–Crippen MR) is 59.7 cm³/mol. The van der Waals surface area contributed by atoms with Crippen molar-refractivity contribution in [3.05, 3.63) is 40.3 Å². The normalized spacial score (nSPS) is 10.7. The summed E-state index contributed by atoms with van der Waals surface area (Å²) >= 11 is 5.68. The lowest BCUT2D eigenvalue weighted by atomic mass is 10.2. The summed E-state index contributed by atoms with van der Waals surface area (Å²) in [7, 11) is 0. The van der Waals surface area contributed by atoms with Crippen LogP contribution in [0, 0.1) is 12.7 Å². The molecule has 0 unspecified atom stereocenters. The molecule has 0 radical (unpaired) electrons. The minimum atomic E-state index is -0.433. The van der Waals surface area contributed by atoms with Gasteiger partial charge in [-0.05, 0) is 13.0 Å². The predicted octanol–water partition coefficient (Wildman–Crippen LogP) is 2.01. The number of aromatic nitrogens is 3. The van der Waals surface area contributed by atoms with Crippen molar-refractivity contribution < 1.29 is 4.39 Å². The van der Waals surface area contributed by atoms with Crippen LogP contribution in [-0.4, -0.2) is 15.0 Å². The third-order valence-electron chi connectivity index (χ3n) is 2.37. The van der Waals surface area contributed by atoms with Gasteiger partial charge in [-0.1, -0.05) is 28.9 Å². The van der Waals surface area contributed by atoms with Crippen LogP contribution >= 0.6 is 11.6 Å². The molecule has 0 saturated carbocycles. The van der Waals surface area contributed by atoms with Gasteiger partial charge in [-0.3, -0.25) is 0 Å². The second kappa shape index (κ2) is 4.09. The highest BCUT2D eigenvalue weighted by molar-refractivity contribution is 6.30. The molecule has 0 bridgehead atoms. The molecule has 2 aromatic rings. The standard InChI is InChI=1S/C10H10ClFN4/c1-6-10(13)14-15-16(6)5-7-3-2-4-8(11)9(7)12/h2-4H,5,13H2,1H3. The number of nitrogen functional groups attached to an aromatic ring is 1. The van der Waals surface area contributed by atoms with E-state index in [0.29, 0.717) is 17.1 Å². The molecule has 1 heterocycles. The quantitative estimate of drug-likeness (QED) is 0.874. The number of hydrogen-bond donors (Lipinski definition) is 1. The van der Waals surface area contributed by atoms with Crippen molar-refractivity contribution in [2.45, 2.75) is 13.5 Å². The lowest BCUT2D eigenvalue weighted by molar-refractivity contribution is 0.571. The summed E-state index contributed by atoms with van der Waals surface area (Å²) in [5.74, 6) is -0.0833. The fourth-order valence-electron chi connectivity index (χ4n) is 1.36. The van der Waals surface area contributed by atoms with Crippen molar-refractivity contribution in [2.75, 3.05) is 5.73 Å². The third kappa shape index (κ3) is 1.86. The Morgan fingerprint density at radius 3 is 2.88 bits per heavy atom. The topological polar surface area (TPSA) is 56.7 Å². The summed E-state index contributed by atoms with van der Waals surface area (Å²) in [4.78, 5) is 0. The van der Waals surface area contributed by atoms with Crippen LogP contribution in [-0.2, 0) is 6.54 Å². The van der Waals surface area contributed by atoms with E-state index in [1.165, 1.54) is 10.7 Å². The Morgan fingerprint density at radius 1 is 1.50 bits per heavy atom. The van der Waals surface area contributed by atoms with Gasteiger partial charge in [0.25, 0.3) is 0 Å². The number of benzene rings is 1. The lowest BCUT2D eigenvalue weighted by Gasteiger charge is -2.05. The van der Waals surface area contributed by atoms with Gasteiger partial charge in [0, 0.05) is 5.56 Å². The maximum Gasteiger partial charge on any atom is 0.168 e. The Labute approximate surface area is 96.8 Å². The first-order valence-electron chi connectivity index (χ1n) is 4.68. The van der Waals surface area contributed by atoms with Crippen molar-refractivity contribution in [3.63, 3.8) is 0 Å². The fourth-order valence-corrected chi connectivity index (χ4v) is 1.55. The van der Waals surface area contributed by atoms with Crippen LogP contribution in [0.4, 0.5) is 10.2 Å². The molecule has 1 aromatic carbocycles. The minimum Gasteiger partial charge on any atom is -0.381 e. The van der Waals surface area contributed by atoms with Gasteiger partial charge < -0.3 is 5.73 Å². The van der Waals surface area contributed by atoms with Crippen LogP contribution in [0.3, 0.4) is 0 Å². The van der Waals surface area contributed by atoms with Gasteiger partial charge in [-0.2, -0.15) is 0 Å². The fraction of sp³-hybridized carbons (Fsp3) is 0.200. The summed E-state index contributed by atoms with van der Waals surface area (Å²) in [6.45, 7) is 2.04. The van der Waals surface area contributed by atoms with E-state index in [1.54, 1.807) is 19.1 Å². The number of halogens is 2. The Balaban J connectivity index is 2.34. The van der Waals surface area contributed by atoms with Gasteiger partial charge in [0.05, 0.1) is 17.3 Å². The molecule has 0 aliphatic heterocycles. The van der Waals surface area contributed by atoms with Crippen molar-refractivity contribution in [1.29, 1.82) is 0 Å². The number of anilines is 1. The van der Waals surface area contributed by atoms with Gasteiger partial charge >= 0.3 is 0 Å². The highest BCUT2D eigenvalue weighted by atomic mass is 35.5. The third-order valence-corrected chi connectivity index (χ3v) is 2.66. The van der Waals surface area contributed by atoms with Crippen molar-refractivity contribution in [3.8, 4) is 0 Å². The van der Waals surface area contributed by atoms with E-state index in [0.717, 1.165) is 0 Å². The Hall–Kier alpha value is -1.62. The van der Waals surface area contributed by atoms with Crippen LogP contribution < -0.4 is 5.73 Å². The second-order valence-corrected chi connectivity index (χ2v) is 3.84. The molecule has 16 heavy (non-hydrogen) atoms. The lowest BCUT2D eigenvalue weighted by Crippen LogP contribution is -2.06. The zero-order chi connectivity index (χ0) is 11.7. The smallest absolute Gasteiger partial charge is 0.168 e. The number of nitrogens with zero attached hydrogens (tertiary/aromatic N) is 3. The second-order valence-electron chi connectivity index (χ2n) is 3.43. The summed E-state index contributed by atoms with van der Waals surface area (Å²) in [5.41, 5.74) is 6.71. The van der Waals surface area contributed by atoms with E-state index in [4.69, 9.17) is 17.3 Å². The maximum absolute atomic E-state index is 13.6. The average molecular weight is 241 g/mol. The number of hydrogen-bond acceptors (Lipinski definition) is 3. The van der Waals surface area contributed by atoms with Crippen LogP contribution in [0.15, 0.2) is 18.2 Å². The van der Waals surface area contributed by atoms with Gasteiger partial charge in [0.2, 0.25) is 0 Å². The highest BCUT2D eigenvalue weighted by Gasteiger charge is 2.10. The van der Waals surface area contributed by atoms with Gasteiger partial charge in [0.15, 0.2) is 5.82 Å². The summed E-state index contributed by atoms with van der Waals surface area (Å²) in [6, 6.07) is 4.85. The molecule has 0 fully saturated rings. The largest absolute Gasteiger partial charge is 0.381 e. The van der Waals surface area contributed by atoms with E-state index in [-0.39, 0.29) is 11.6 Å². The SMILES string of the molecule is Cc1c(N)nnn1Cc1cccc(Cl)c1F. The van der Waals surface area contributed by atoms with Crippen molar-refractivity contribution >= 4 is 17.4 Å². The molecule has 84 valence electrons. The van der Waals surface area contributed by atoms with Crippen LogP contribution in [0.25, 0.3) is 0 Å². The summed E-state index contributed by atoms with van der Waals surface area (Å²) in [6.07, 6.45) is 0. The first-order chi connectivity index (χ1) is 7.59. The van der Waals surface area contributed by atoms with Crippen LogP contribution in [0.5, 0.6) is 0 Å². The molecule has 0 saturated heterocycles. The summed E-state index contributed by atoms with van der Waals surface area (Å²) < 4.78 is 15.1. The van der Waals surface area contributed by atoms with Crippen LogP contribution in [0.1, 0.15) is 11.3 Å². The molecule has 0 spiro atoms. The van der Waals surface area contributed by atoms with E-state index in [2.05, 4.69) is 10.3 Å².